The zero-order chi connectivity index (χ0) is 17.9. The van der Waals surface area contributed by atoms with Crippen molar-refractivity contribution in [1.29, 1.82) is 0 Å². The first-order valence-electron chi connectivity index (χ1n) is 9.90. The van der Waals surface area contributed by atoms with Gasteiger partial charge in [0.15, 0.2) is 0 Å². The molecule has 7 heteroatoms. The van der Waals surface area contributed by atoms with Crippen molar-refractivity contribution in [3.05, 3.63) is 18.0 Å². The molecular weight excluding hydrogens is 332 g/mol. The van der Waals surface area contributed by atoms with Crippen LogP contribution in [0.1, 0.15) is 44.2 Å². The van der Waals surface area contributed by atoms with Crippen LogP contribution < -0.4 is 5.32 Å². The van der Waals surface area contributed by atoms with Gasteiger partial charge in [-0.15, -0.1) is 0 Å². The first-order valence-corrected chi connectivity index (χ1v) is 9.90. The Morgan fingerprint density at radius 1 is 1.12 bits per heavy atom. The largest absolute Gasteiger partial charge is 0.364 e. The predicted molar refractivity (Wildman–Crippen MR) is 95.0 cm³/mol. The summed E-state index contributed by atoms with van der Waals surface area (Å²) in [5, 5.41) is 6.81. The van der Waals surface area contributed by atoms with Gasteiger partial charge >= 0.3 is 0 Å². The van der Waals surface area contributed by atoms with Crippen molar-refractivity contribution in [2.45, 2.75) is 51.1 Å². The molecule has 3 fully saturated rings. The second kappa shape index (κ2) is 7.78. The molecule has 26 heavy (non-hydrogen) atoms. The molecule has 2 saturated heterocycles. The fraction of sp³-hybridized carbons (Fsp3) is 0.737. The molecule has 0 aromatic carbocycles. The molecule has 1 aromatic heterocycles. The van der Waals surface area contributed by atoms with E-state index in [1.165, 1.54) is 6.26 Å². The lowest BCUT2D eigenvalue weighted by atomic mass is 9.93. The van der Waals surface area contributed by atoms with Crippen molar-refractivity contribution in [1.82, 2.24) is 20.3 Å². The lowest BCUT2D eigenvalue weighted by Crippen LogP contribution is -2.51. The molecule has 1 aliphatic carbocycles. The summed E-state index contributed by atoms with van der Waals surface area (Å²) in [7, 11) is 0. The Morgan fingerprint density at radius 2 is 1.92 bits per heavy atom. The van der Waals surface area contributed by atoms with Crippen molar-refractivity contribution in [3.63, 3.8) is 0 Å². The molecule has 7 nitrogen and oxygen atoms in total. The number of hydrogen-bond donors (Lipinski definition) is 1. The number of carbonyl (C=O) groups excluding carboxylic acids is 2. The van der Waals surface area contributed by atoms with Gasteiger partial charge in [-0.3, -0.25) is 14.5 Å². The summed E-state index contributed by atoms with van der Waals surface area (Å²) < 4.78 is 4.80. The zero-order valence-electron chi connectivity index (χ0n) is 15.2. The van der Waals surface area contributed by atoms with Crippen molar-refractivity contribution >= 4 is 11.8 Å². The van der Waals surface area contributed by atoms with Gasteiger partial charge in [-0.2, -0.15) is 0 Å². The van der Waals surface area contributed by atoms with Crippen LogP contribution in [0.2, 0.25) is 0 Å². The third kappa shape index (κ3) is 4.09. The first-order chi connectivity index (χ1) is 12.7. The number of amides is 2. The molecule has 1 aromatic rings. The molecule has 1 unspecified atom stereocenters. The highest BCUT2D eigenvalue weighted by atomic mass is 16.5. The molecule has 0 spiro atoms. The van der Waals surface area contributed by atoms with Gasteiger partial charge in [0.05, 0.1) is 12.5 Å². The fourth-order valence-corrected chi connectivity index (χ4v) is 4.24. The number of nitrogens with one attached hydrogen (secondary N) is 1. The van der Waals surface area contributed by atoms with Gasteiger partial charge in [-0.05, 0) is 45.1 Å². The van der Waals surface area contributed by atoms with Gasteiger partial charge in [0, 0.05) is 37.7 Å². The van der Waals surface area contributed by atoms with Crippen LogP contribution in [-0.4, -0.2) is 59.0 Å². The highest BCUT2D eigenvalue weighted by Crippen LogP contribution is 2.32. The maximum absolute atomic E-state index is 12.5. The Hall–Kier alpha value is -1.89. The average Bonchev–Trinajstić information content (AvgIpc) is 3.41. The minimum Gasteiger partial charge on any atom is -0.364 e. The van der Waals surface area contributed by atoms with E-state index < -0.39 is 0 Å². The number of nitrogens with zero attached hydrogens (tertiary/aromatic N) is 3. The van der Waals surface area contributed by atoms with Crippen LogP contribution in [0, 0.1) is 11.8 Å². The van der Waals surface area contributed by atoms with Crippen molar-refractivity contribution in [2.75, 3.05) is 26.2 Å². The minimum atomic E-state index is 0.0433. The number of aromatic nitrogens is 1. The first kappa shape index (κ1) is 17.5. The number of piperidine rings is 2. The highest BCUT2D eigenvalue weighted by molar-refractivity contribution is 5.81. The molecule has 1 N–H and O–H groups in total. The van der Waals surface area contributed by atoms with E-state index in [9.17, 15) is 9.59 Å². The van der Waals surface area contributed by atoms with Crippen LogP contribution in [0.4, 0.5) is 0 Å². The standard InChI is InChI=1S/C19H28N4O3/c24-18(20-12-16-7-11-26-21-16)15-2-1-8-23(13-15)17-5-9-22(10-6-17)19(25)14-3-4-14/h7,11,14-15,17H,1-6,8-10,12-13H2,(H,20,24). The zero-order valence-corrected chi connectivity index (χ0v) is 15.2. The minimum absolute atomic E-state index is 0.0433. The third-order valence-electron chi connectivity index (χ3n) is 5.98. The molecule has 4 rings (SSSR count). The molecule has 0 radical (unpaired) electrons. The smallest absolute Gasteiger partial charge is 0.225 e. The molecule has 3 aliphatic rings. The van der Waals surface area contributed by atoms with Gasteiger partial charge in [0.1, 0.15) is 12.0 Å². The average molecular weight is 360 g/mol. The van der Waals surface area contributed by atoms with E-state index in [2.05, 4.69) is 20.3 Å². The molecule has 142 valence electrons. The van der Waals surface area contributed by atoms with Crippen LogP contribution in [0.15, 0.2) is 16.9 Å². The Balaban J connectivity index is 1.24. The van der Waals surface area contributed by atoms with Gasteiger partial charge in [0.25, 0.3) is 0 Å². The molecule has 3 heterocycles. The lowest BCUT2D eigenvalue weighted by Gasteiger charge is -2.42. The predicted octanol–water partition coefficient (Wildman–Crippen LogP) is 1.40. The van der Waals surface area contributed by atoms with Gasteiger partial charge in [-0.1, -0.05) is 5.16 Å². The summed E-state index contributed by atoms with van der Waals surface area (Å²) in [6.07, 6.45) is 7.75. The lowest BCUT2D eigenvalue weighted by molar-refractivity contribution is -0.134. The molecule has 1 saturated carbocycles. The van der Waals surface area contributed by atoms with Gasteiger partial charge in [0.2, 0.25) is 11.8 Å². The van der Waals surface area contributed by atoms with E-state index in [-0.39, 0.29) is 11.8 Å². The van der Waals surface area contributed by atoms with Crippen molar-refractivity contribution in [3.8, 4) is 0 Å². The molecule has 0 bridgehead atoms. The number of carbonyl (C=O) groups is 2. The van der Waals surface area contributed by atoms with Crippen molar-refractivity contribution < 1.29 is 14.1 Å². The van der Waals surface area contributed by atoms with E-state index in [1.807, 2.05) is 0 Å². The van der Waals surface area contributed by atoms with E-state index in [0.29, 0.717) is 24.4 Å². The second-order valence-electron chi connectivity index (χ2n) is 7.87. The summed E-state index contributed by atoms with van der Waals surface area (Å²) >= 11 is 0. The summed E-state index contributed by atoms with van der Waals surface area (Å²) in [6.45, 7) is 4.06. The summed E-state index contributed by atoms with van der Waals surface area (Å²) in [4.78, 5) is 29.2. The fourth-order valence-electron chi connectivity index (χ4n) is 4.24. The summed E-state index contributed by atoms with van der Waals surface area (Å²) in [5.41, 5.74) is 0.749. The normalized spacial score (nSPS) is 25.2. The Labute approximate surface area is 154 Å². The Bertz CT molecular complexity index is 621. The van der Waals surface area contributed by atoms with Crippen LogP contribution in [0.5, 0.6) is 0 Å². The quantitative estimate of drug-likeness (QED) is 0.859. The maximum atomic E-state index is 12.5. The van der Waals surface area contributed by atoms with E-state index >= 15 is 0 Å². The molecule has 2 amide bonds. The maximum Gasteiger partial charge on any atom is 0.225 e. The van der Waals surface area contributed by atoms with E-state index in [1.54, 1.807) is 6.07 Å². The van der Waals surface area contributed by atoms with E-state index in [4.69, 9.17) is 4.52 Å². The van der Waals surface area contributed by atoms with Gasteiger partial charge < -0.3 is 14.7 Å². The number of hydrogen-bond acceptors (Lipinski definition) is 5. The molecular formula is C19H28N4O3. The second-order valence-corrected chi connectivity index (χ2v) is 7.87. The van der Waals surface area contributed by atoms with E-state index in [0.717, 1.165) is 70.4 Å². The highest BCUT2D eigenvalue weighted by Gasteiger charge is 2.37. The molecule has 1 atom stereocenters. The number of likely N-dealkylation sites (tertiary alicyclic amines) is 2. The number of rotatable bonds is 5. The Kier molecular flexibility index (Phi) is 5.24. The Morgan fingerprint density at radius 3 is 2.62 bits per heavy atom. The van der Waals surface area contributed by atoms with Crippen LogP contribution >= 0.6 is 0 Å². The monoisotopic (exact) mass is 360 g/mol. The van der Waals surface area contributed by atoms with Crippen LogP contribution in [0.3, 0.4) is 0 Å². The van der Waals surface area contributed by atoms with Gasteiger partial charge in [-0.25, -0.2) is 0 Å². The van der Waals surface area contributed by atoms with Crippen molar-refractivity contribution in [2.24, 2.45) is 11.8 Å². The molecule has 2 aliphatic heterocycles. The van der Waals surface area contributed by atoms with Crippen LogP contribution in [-0.2, 0) is 16.1 Å². The SMILES string of the molecule is O=C(NCc1ccon1)C1CCCN(C2CCN(C(=O)C3CC3)CC2)C1. The van der Waals surface area contributed by atoms with Crippen LogP contribution in [0.25, 0.3) is 0 Å². The summed E-state index contributed by atoms with van der Waals surface area (Å²) in [5.74, 6) is 0.840. The third-order valence-corrected chi connectivity index (χ3v) is 5.98. The summed E-state index contributed by atoms with van der Waals surface area (Å²) in [6, 6.07) is 2.27. The topological polar surface area (TPSA) is 78.7 Å².